The molecule has 44 heavy (non-hydrogen) atoms. The zero-order chi connectivity index (χ0) is 29.7. The largest absolute Gasteiger partial charge is 0.347 e. The third-order valence-corrected chi connectivity index (χ3v) is 8.29. The zero-order valence-electron chi connectivity index (χ0n) is 24.3. The lowest BCUT2D eigenvalue weighted by molar-refractivity contribution is -0.672. The molecule has 210 valence electrons. The summed E-state index contributed by atoms with van der Waals surface area (Å²) in [5.74, 6) is 3.22. The highest BCUT2D eigenvalue weighted by Crippen LogP contribution is 2.40. The van der Waals surface area contributed by atoms with Gasteiger partial charge in [-0.1, -0.05) is 0 Å². The molecular formula is C32H25N12+3. The number of hydrogen-bond acceptors (Lipinski definition) is 7. The minimum atomic E-state index is 0.524. The Morgan fingerprint density at radius 3 is 1.95 bits per heavy atom. The maximum absolute atomic E-state index is 5.09. The fraction of sp³-hybridized carbons (Fsp3) is 0.125. The predicted octanol–water partition coefficient (Wildman–Crippen LogP) is 1.11. The number of rotatable bonds is 0. The minimum Gasteiger partial charge on any atom is -0.347 e. The highest BCUT2D eigenvalue weighted by molar-refractivity contribution is 6.22. The summed E-state index contributed by atoms with van der Waals surface area (Å²) >= 11 is 0. The van der Waals surface area contributed by atoms with Crippen molar-refractivity contribution in [2.45, 2.75) is 0 Å². The Hall–Kier alpha value is -6.04. The van der Waals surface area contributed by atoms with E-state index >= 15 is 0 Å². The number of nitrogens with one attached hydrogen (secondary N) is 1. The van der Waals surface area contributed by atoms with Crippen molar-refractivity contribution in [2.24, 2.45) is 58.1 Å². The average Bonchev–Trinajstić information content (AvgIpc) is 3.74. The fourth-order valence-corrected chi connectivity index (χ4v) is 6.26. The number of aliphatic imine (C=N–C) groups is 4. The van der Waals surface area contributed by atoms with Crippen molar-refractivity contribution in [3.8, 4) is 11.3 Å². The Balaban J connectivity index is 1.45. The van der Waals surface area contributed by atoms with Gasteiger partial charge in [-0.2, -0.15) is 13.7 Å². The summed E-state index contributed by atoms with van der Waals surface area (Å²) in [4.78, 5) is 38.7. The second-order valence-corrected chi connectivity index (χ2v) is 11.1. The number of aromatic nitrogens is 6. The van der Waals surface area contributed by atoms with E-state index in [1.165, 1.54) is 0 Å². The van der Waals surface area contributed by atoms with E-state index < -0.39 is 0 Å². The van der Waals surface area contributed by atoms with Crippen LogP contribution >= 0.6 is 0 Å². The number of amidine groups is 4. The topological polar surface area (TPSA) is 119 Å². The lowest BCUT2D eigenvalue weighted by atomic mass is 10.1. The third kappa shape index (κ3) is 3.38. The van der Waals surface area contributed by atoms with Crippen LogP contribution in [0.25, 0.3) is 22.2 Å². The van der Waals surface area contributed by atoms with Crippen molar-refractivity contribution in [2.75, 3.05) is 0 Å². The lowest BCUT2D eigenvalue weighted by Gasteiger charge is -2.07. The van der Waals surface area contributed by atoms with Gasteiger partial charge in [-0.05, 0) is 30.3 Å². The van der Waals surface area contributed by atoms with E-state index in [1.54, 1.807) is 0 Å². The van der Waals surface area contributed by atoms with Crippen molar-refractivity contribution >= 4 is 45.9 Å². The van der Waals surface area contributed by atoms with Gasteiger partial charge in [0.05, 0.1) is 22.2 Å². The molecule has 0 aliphatic carbocycles. The molecule has 5 aliphatic heterocycles. The third-order valence-electron chi connectivity index (χ3n) is 8.29. The highest BCUT2D eigenvalue weighted by atomic mass is 15.2. The number of nitrogens with zero attached hydrogens (tertiary/aromatic N) is 11. The SMILES string of the molecule is Cn1cccc2c3nc(c1-2)N=C1N=C(N=c2[nH]c(c4c2ccc[n+]4C)=NC2=NC(=N3)c3c2ccc[n+]3C)c2c1ccc[n+]2C. The average molecular weight is 578 g/mol. The van der Waals surface area contributed by atoms with E-state index in [9.17, 15) is 0 Å². The van der Waals surface area contributed by atoms with E-state index in [1.807, 2.05) is 120 Å². The van der Waals surface area contributed by atoms with Crippen molar-refractivity contribution in [3.63, 3.8) is 0 Å². The van der Waals surface area contributed by atoms with Crippen LogP contribution in [0.15, 0.2) is 103 Å². The predicted molar refractivity (Wildman–Crippen MR) is 162 cm³/mol. The number of H-pyrrole nitrogens is 1. The molecule has 0 saturated carbocycles. The number of pyridine rings is 4. The van der Waals surface area contributed by atoms with Crippen LogP contribution in [0.1, 0.15) is 22.5 Å². The molecule has 0 aromatic carbocycles. The first-order chi connectivity index (χ1) is 21.4. The van der Waals surface area contributed by atoms with Gasteiger partial charge in [0.1, 0.15) is 26.6 Å². The number of fused-ring (bicyclic) bond motifs is 18. The molecular weight excluding hydrogens is 552 g/mol. The molecule has 0 unspecified atom stereocenters. The van der Waals surface area contributed by atoms with Crippen LogP contribution in [-0.2, 0) is 28.2 Å². The first-order valence-corrected chi connectivity index (χ1v) is 14.2. The first kappa shape index (κ1) is 24.5. The van der Waals surface area contributed by atoms with Crippen molar-refractivity contribution < 1.29 is 13.7 Å². The molecule has 9 heterocycles. The van der Waals surface area contributed by atoms with Crippen molar-refractivity contribution in [1.29, 1.82) is 0 Å². The molecule has 12 nitrogen and oxygen atoms in total. The smallest absolute Gasteiger partial charge is 0.261 e. The maximum Gasteiger partial charge on any atom is 0.261 e. The van der Waals surface area contributed by atoms with E-state index in [0.29, 0.717) is 46.0 Å². The molecule has 4 aromatic heterocycles. The zero-order valence-corrected chi connectivity index (χ0v) is 24.3. The minimum absolute atomic E-state index is 0.524. The molecule has 0 spiro atoms. The Morgan fingerprint density at radius 2 is 1.18 bits per heavy atom. The summed E-state index contributed by atoms with van der Waals surface area (Å²) in [6.45, 7) is 0. The molecule has 8 bridgehead atoms. The van der Waals surface area contributed by atoms with E-state index in [0.717, 1.165) is 44.7 Å². The quantitative estimate of drug-likeness (QED) is 0.268. The van der Waals surface area contributed by atoms with Gasteiger partial charge in [-0.25, -0.2) is 34.9 Å². The second kappa shape index (κ2) is 8.74. The fourth-order valence-electron chi connectivity index (χ4n) is 6.26. The van der Waals surface area contributed by atoms with E-state index in [2.05, 4.69) is 4.98 Å². The maximum atomic E-state index is 5.09. The lowest BCUT2D eigenvalue weighted by Crippen LogP contribution is -2.36. The van der Waals surface area contributed by atoms with Crippen LogP contribution in [0.4, 0.5) is 11.6 Å². The molecule has 5 aliphatic rings. The molecule has 9 rings (SSSR count). The number of aromatic amines is 1. The first-order valence-electron chi connectivity index (χ1n) is 14.2. The highest BCUT2D eigenvalue weighted by Gasteiger charge is 2.34. The summed E-state index contributed by atoms with van der Waals surface area (Å²) < 4.78 is 8.07. The summed E-state index contributed by atoms with van der Waals surface area (Å²) in [6.07, 6.45) is 7.94. The normalized spacial score (nSPS) is 14.8. The van der Waals surface area contributed by atoms with Gasteiger partial charge in [0.15, 0.2) is 41.9 Å². The van der Waals surface area contributed by atoms with Crippen LogP contribution in [0, 0.1) is 0 Å². The summed E-state index contributed by atoms with van der Waals surface area (Å²) in [6, 6.07) is 16.0. The van der Waals surface area contributed by atoms with Gasteiger partial charge in [-0.3, -0.25) is 0 Å². The van der Waals surface area contributed by atoms with Crippen LogP contribution in [-0.4, -0.2) is 37.9 Å². The van der Waals surface area contributed by atoms with E-state index in [-0.39, 0.29) is 0 Å². The monoisotopic (exact) mass is 577 g/mol. The Morgan fingerprint density at radius 1 is 0.591 bits per heavy atom. The molecule has 0 atom stereocenters. The van der Waals surface area contributed by atoms with E-state index in [4.69, 9.17) is 34.9 Å². The van der Waals surface area contributed by atoms with Gasteiger partial charge in [0.2, 0.25) is 17.2 Å². The number of aryl methyl sites for hydroxylation is 4. The van der Waals surface area contributed by atoms with Crippen LogP contribution < -0.4 is 24.7 Å². The van der Waals surface area contributed by atoms with Gasteiger partial charge in [-0.15, -0.1) is 0 Å². The Kier molecular flexibility index (Phi) is 4.87. The Labute approximate surface area is 250 Å². The second-order valence-electron chi connectivity index (χ2n) is 11.1. The van der Waals surface area contributed by atoms with Gasteiger partial charge in [0.25, 0.3) is 16.9 Å². The van der Waals surface area contributed by atoms with Crippen LogP contribution in [0.3, 0.4) is 0 Å². The molecule has 0 saturated heterocycles. The van der Waals surface area contributed by atoms with Gasteiger partial charge < -0.3 is 9.55 Å². The molecule has 0 amide bonds. The summed E-state index contributed by atoms with van der Waals surface area (Å²) in [5, 5.41) is 0.914. The molecule has 0 radical (unpaired) electrons. The van der Waals surface area contributed by atoms with Gasteiger partial charge >= 0.3 is 0 Å². The van der Waals surface area contributed by atoms with Crippen LogP contribution in [0.2, 0.25) is 0 Å². The van der Waals surface area contributed by atoms with Crippen molar-refractivity contribution in [3.05, 3.63) is 107 Å². The molecule has 1 N–H and O–H groups in total. The molecule has 4 aromatic rings. The van der Waals surface area contributed by atoms with Gasteiger partial charge in [0, 0.05) is 37.0 Å². The molecule has 12 heteroatoms. The number of hydrogen-bond donors (Lipinski definition) is 1. The van der Waals surface area contributed by atoms with Crippen LogP contribution in [0.5, 0.6) is 0 Å². The molecule has 0 fully saturated rings. The standard InChI is InChI=1S/C32H25N12/c1-41-13-5-9-17-21(41)29-33-25(17)38-30-23-19(11-7-15-43(23)3)27(35-30)40-32-24-20(12-8-16-44(24)4)28(36-32)39-31-22-18(26(34-31)37-29)10-6-14-42(22)2/h5-16H,1-4H3,(H,33,34,35,36,37,38,39,40)/q+3. The summed E-state index contributed by atoms with van der Waals surface area (Å²) in [7, 11) is 7.94. The Bertz CT molecular complexity index is 2490. The van der Waals surface area contributed by atoms with Crippen molar-refractivity contribution in [1.82, 2.24) is 14.5 Å². The summed E-state index contributed by atoms with van der Waals surface area (Å²) in [5.41, 5.74) is 7.37.